The Morgan fingerprint density at radius 1 is 1.21 bits per heavy atom. The first-order chi connectivity index (χ1) is 9.02. The highest BCUT2D eigenvalue weighted by atomic mass is 79.9. The normalized spacial score (nSPS) is 10.1. The van der Waals surface area contributed by atoms with Crippen molar-refractivity contribution < 1.29 is 8.78 Å². The van der Waals surface area contributed by atoms with Crippen LogP contribution in [0.3, 0.4) is 0 Å². The smallest absolute Gasteiger partial charge is 0.150 e. The second kappa shape index (κ2) is 5.55. The summed E-state index contributed by atoms with van der Waals surface area (Å²) in [7, 11) is 0. The number of nitriles is 1. The van der Waals surface area contributed by atoms with Crippen molar-refractivity contribution in [3.05, 3.63) is 57.0 Å². The third kappa shape index (κ3) is 2.86. The van der Waals surface area contributed by atoms with Gasteiger partial charge in [-0.1, -0.05) is 33.6 Å². The molecule has 0 saturated carbocycles. The Morgan fingerprint density at radius 2 is 1.84 bits per heavy atom. The lowest BCUT2D eigenvalue weighted by molar-refractivity contribution is 0.589. The zero-order valence-corrected chi connectivity index (χ0v) is 11.7. The van der Waals surface area contributed by atoms with Crippen molar-refractivity contribution in [3.8, 4) is 6.07 Å². The minimum absolute atomic E-state index is 0.130. The topological polar surface area (TPSA) is 35.8 Å². The molecule has 0 aliphatic carbocycles. The third-order valence-corrected chi connectivity index (χ3v) is 3.16. The molecule has 19 heavy (non-hydrogen) atoms. The SMILES string of the molecule is N#Cc1c(Cl)cccc1Nc1c(F)cc(Br)cc1F. The maximum atomic E-state index is 13.7. The minimum atomic E-state index is -0.768. The Kier molecular flexibility index (Phi) is 4.03. The second-order valence-electron chi connectivity index (χ2n) is 3.64. The van der Waals surface area contributed by atoms with Gasteiger partial charge in [-0.25, -0.2) is 8.78 Å². The van der Waals surface area contributed by atoms with Crippen molar-refractivity contribution >= 4 is 38.9 Å². The molecular weight excluding hydrogens is 338 g/mol. The number of nitrogens with zero attached hydrogens (tertiary/aromatic N) is 1. The molecule has 0 radical (unpaired) electrons. The van der Waals surface area contributed by atoms with Gasteiger partial charge in [0.05, 0.1) is 16.3 Å². The van der Waals surface area contributed by atoms with E-state index in [4.69, 9.17) is 16.9 Å². The van der Waals surface area contributed by atoms with Crippen LogP contribution in [-0.2, 0) is 0 Å². The Labute approximate surface area is 121 Å². The van der Waals surface area contributed by atoms with Gasteiger partial charge in [-0.15, -0.1) is 0 Å². The van der Waals surface area contributed by atoms with Gasteiger partial charge in [0.25, 0.3) is 0 Å². The Bertz CT molecular complexity index is 660. The van der Waals surface area contributed by atoms with E-state index in [1.165, 1.54) is 12.1 Å². The first-order valence-electron chi connectivity index (χ1n) is 5.13. The van der Waals surface area contributed by atoms with E-state index in [1.807, 2.05) is 6.07 Å². The largest absolute Gasteiger partial charge is 0.350 e. The van der Waals surface area contributed by atoms with Crippen LogP contribution >= 0.6 is 27.5 Å². The van der Waals surface area contributed by atoms with E-state index in [0.717, 1.165) is 12.1 Å². The molecule has 0 aliphatic rings. The Morgan fingerprint density at radius 3 is 2.42 bits per heavy atom. The number of halogens is 4. The molecule has 6 heteroatoms. The molecule has 0 atom stereocenters. The van der Waals surface area contributed by atoms with Crippen molar-refractivity contribution in [1.29, 1.82) is 5.26 Å². The summed E-state index contributed by atoms with van der Waals surface area (Å²) in [5.41, 5.74) is 0.0444. The van der Waals surface area contributed by atoms with Gasteiger partial charge in [0, 0.05) is 4.47 Å². The van der Waals surface area contributed by atoms with Crippen LogP contribution in [0.15, 0.2) is 34.8 Å². The fourth-order valence-electron chi connectivity index (χ4n) is 1.54. The predicted octanol–water partition coefficient (Wildman–Crippen LogP) is 5.00. The van der Waals surface area contributed by atoms with Gasteiger partial charge in [-0.2, -0.15) is 5.26 Å². The predicted molar refractivity (Wildman–Crippen MR) is 73.5 cm³/mol. The van der Waals surface area contributed by atoms with E-state index in [1.54, 1.807) is 6.07 Å². The zero-order chi connectivity index (χ0) is 14.0. The molecule has 0 amide bonds. The average molecular weight is 344 g/mol. The van der Waals surface area contributed by atoms with Crippen molar-refractivity contribution in [1.82, 2.24) is 0 Å². The van der Waals surface area contributed by atoms with Gasteiger partial charge >= 0.3 is 0 Å². The van der Waals surface area contributed by atoms with Crippen LogP contribution in [0, 0.1) is 23.0 Å². The highest BCUT2D eigenvalue weighted by Gasteiger charge is 2.13. The highest BCUT2D eigenvalue weighted by molar-refractivity contribution is 9.10. The summed E-state index contributed by atoms with van der Waals surface area (Å²) in [4.78, 5) is 0. The van der Waals surface area contributed by atoms with Crippen LogP contribution in [0.1, 0.15) is 5.56 Å². The van der Waals surface area contributed by atoms with Gasteiger partial charge < -0.3 is 5.32 Å². The monoisotopic (exact) mass is 342 g/mol. The summed E-state index contributed by atoms with van der Waals surface area (Å²) < 4.78 is 27.7. The van der Waals surface area contributed by atoms with E-state index in [0.29, 0.717) is 4.47 Å². The molecule has 2 nitrogen and oxygen atoms in total. The van der Waals surface area contributed by atoms with Crippen molar-refractivity contribution in [2.45, 2.75) is 0 Å². The van der Waals surface area contributed by atoms with Gasteiger partial charge in [-0.3, -0.25) is 0 Å². The first kappa shape index (κ1) is 13.8. The molecular formula is C13H6BrClF2N2. The van der Waals surface area contributed by atoms with Crippen LogP contribution in [0.2, 0.25) is 5.02 Å². The van der Waals surface area contributed by atoms with Crippen LogP contribution in [0.4, 0.5) is 20.2 Å². The molecule has 2 rings (SSSR count). The lowest BCUT2D eigenvalue weighted by Gasteiger charge is -2.11. The van der Waals surface area contributed by atoms with Gasteiger partial charge in [0.15, 0.2) is 11.6 Å². The zero-order valence-electron chi connectivity index (χ0n) is 9.35. The number of hydrogen-bond acceptors (Lipinski definition) is 2. The Hall–Kier alpha value is -1.64. The first-order valence-corrected chi connectivity index (χ1v) is 6.30. The second-order valence-corrected chi connectivity index (χ2v) is 4.97. The molecule has 0 aromatic heterocycles. The third-order valence-electron chi connectivity index (χ3n) is 2.39. The average Bonchev–Trinajstić information content (AvgIpc) is 2.34. The Balaban J connectivity index is 2.49. The number of nitrogens with one attached hydrogen (secondary N) is 1. The standard InChI is InChI=1S/C13H6BrClF2N2/c14-7-4-10(16)13(11(17)5-7)19-12-3-1-2-9(15)8(12)6-18/h1-5,19H. The number of anilines is 2. The number of rotatable bonds is 2. The molecule has 2 aromatic rings. The quantitative estimate of drug-likeness (QED) is 0.833. The van der Waals surface area contributed by atoms with Crippen molar-refractivity contribution in [3.63, 3.8) is 0 Å². The summed E-state index contributed by atoms with van der Waals surface area (Å²) in [6.45, 7) is 0. The lowest BCUT2D eigenvalue weighted by Crippen LogP contribution is -2.00. The van der Waals surface area contributed by atoms with Crippen molar-refractivity contribution in [2.24, 2.45) is 0 Å². The highest BCUT2D eigenvalue weighted by Crippen LogP contribution is 2.30. The van der Waals surface area contributed by atoms with E-state index < -0.39 is 11.6 Å². The minimum Gasteiger partial charge on any atom is -0.350 e. The molecule has 0 heterocycles. The fourth-order valence-corrected chi connectivity index (χ4v) is 2.16. The number of hydrogen-bond donors (Lipinski definition) is 1. The molecule has 96 valence electrons. The molecule has 0 aliphatic heterocycles. The van der Waals surface area contributed by atoms with Crippen molar-refractivity contribution in [2.75, 3.05) is 5.32 Å². The maximum absolute atomic E-state index is 13.7. The summed E-state index contributed by atoms with van der Waals surface area (Å²) in [5.74, 6) is -1.54. The van der Waals surface area contributed by atoms with Gasteiger partial charge in [-0.05, 0) is 24.3 Å². The number of benzene rings is 2. The van der Waals surface area contributed by atoms with E-state index in [9.17, 15) is 8.78 Å². The van der Waals surface area contributed by atoms with Crippen LogP contribution in [0.25, 0.3) is 0 Å². The summed E-state index contributed by atoms with van der Waals surface area (Å²) in [5, 5.41) is 11.8. The summed E-state index contributed by atoms with van der Waals surface area (Å²) >= 11 is 8.83. The van der Waals surface area contributed by atoms with Crippen LogP contribution < -0.4 is 5.32 Å². The molecule has 0 saturated heterocycles. The van der Waals surface area contributed by atoms with E-state index >= 15 is 0 Å². The van der Waals surface area contributed by atoms with Crippen LogP contribution in [-0.4, -0.2) is 0 Å². The molecule has 0 unspecified atom stereocenters. The summed E-state index contributed by atoms with van der Waals surface area (Å²) in [6.07, 6.45) is 0. The molecule has 2 aromatic carbocycles. The molecule has 0 bridgehead atoms. The maximum Gasteiger partial charge on any atom is 0.150 e. The van der Waals surface area contributed by atoms with E-state index in [-0.39, 0.29) is 22.0 Å². The summed E-state index contributed by atoms with van der Waals surface area (Å²) in [6, 6.07) is 8.77. The molecule has 1 N–H and O–H groups in total. The lowest BCUT2D eigenvalue weighted by atomic mass is 10.2. The fraction of sp³-hybridized carbons (Fsp3) is 0. The molecule has 0 fully saturated rings. The van der Waals surface area contributed by atoms with Gasteiger partial charge in [0.1, 0.15) is 11.8 Å². The van der Waals surface area contributed by atoms with Crippen LogP contribution in [0.5, 0.6) is 0 Å². The van der Waals surface area contributed by atoms with E-state index in [2.05, 4.69) is 21.2 Å². The van der Waals surface area contributed by atoms with Gasteiger partial charge in [0.2, 0.25) is 0 Å². The molecule has 0 spiro atoms.